The van der Waals surface area contributed by atoms with Crippen molar-refractivity contribution in [2.45, 2.75) is 16.7 Å². The number of amidine groups is 1. The number of hydrogen-bond acceptors (Lipinski definition) is 3. The van der Waals surface area contributed by atoms with Gasteiger partial charge in [-0.3, -0.25) is 5.41 Å². The van der Waals surface area contributed by atoms with Crippen molar-refractivity contribution in [1.29, 1.82) is 5.41 Å². The number of furan rings is 1. The molecule has 3 nitrogen and oxygen atoms in total. The van der Waals surface area contributed by atoms with Crippen molar-refractivity contribution in [2.24, 2.45) is 5.73 Å². The third-order valence-corrected chi connectivity index (χ3v) is 3.48. The first-order valence-electron chi connectivity index (χ1n) is 4.94. The second kappa shape index (κ2) is 4.63. The second-order valence-electron chi connectivity index (χ2n) is 3.47. The number of nitrogen functional groups attached to an aromatic ring is 1. The SMILES string of the molecule is Cc1occc1Sc1cccc(F)c1C(=N)N. The van der Waals surface area contributed by atoms with Gasteiger partial charge in [0.25, 0.3) is 0 Å². The van der Waals surface area contributed by atoms with Crippen LogP contribution in [0.25, 0.3) is 0 Å². The van der Waals surface area contributed by atoms with Gasteiger partial charge in [-0.05, 0) is 25.1 Å². The molecule has 2 aromatic rings. The fourth-order valence-corrected chi connectivity index (χ4v) is 2.46. The van der Waals surface area contributed by atoms with Crippen LogP contribution in [0.5, 0.6) is 0 Å². The zero-order chi connectivity index (χ0) is 12.4. The van der Waals surface area contributed by atoms with Crippen LogP contribution in [0.4, 0.5) is 4.39 Å². The number of halogens is 1. The van der Waals surface area contributed by atoms with E-state index in [0.717, 1.165) is 10.7 Å². The molecular weight excluding hydrogens is 239 g/mol. The largest absolute Gasteiger partial charge is 0.468 e. The van der Waals surface area contributed by atoms with Gasteiger partial charge in [0, 0.05) is 4.90 Å². The lowest BCUT2D eigenvalue weighted by atomic mass is 10.2. The molecule has 0 radical (unpaired) electrons. The molecule has 0 unspecified atom stereocenters. The predicted molar refractivity (Wildman–Crippen MR) is 65.0 cm³/mol. The molecule has 0 saturated heterocycles. The topological polar surface area (TPSA) is 63.0 Å². The number of rotatable bonds is 3. The highest BCUT2D eigenvalue weighted by molar-refractivity contribution is 7.99. The first-order chi connectivity index (χ1) is 8.09. The number of nitrogens with two attached hydrogens (primary N) is 1. The second-order valence-corrected chi connectivity index (χ2v) is 4.55. The minimum Gasteiger partial charge on any atom is -0.468 e. The van der Waals surface area contributed by atoms with Crippen LogP contribution < -0.4 is 5.73 Å². The first-order valence-corrected chi connectivity index (χ1v) is 5.76. The lowest BCUT2D eigenvalue weighted by Crippen LogP contribution is -2.14. The smallest absolute Gasteiger partial charge is 0.135 e. The van der Waals surface area contributed by atoms with Crippen LogP contribution in [0.1, 0.15) is 11.3 Å². The molecule has 1 aromatic heterocycles. The van der Waals surface area contributed by atoms with E-state index in [1.165, 1.54) is 17.8 Å². The van der Waals surface area contributed by atoms with Crippen molar-refractivity contribution in [2.75, 3.05) is 0 Å². The maximum Gasteiger partial charge on any atom is 0.135 e. The van der Waals surface area contributed by atoms with Crippen LogP contribution in [0, 0.1) is 18.2 Å². The Morgan fingerprint density at radius 1 is 1.35 bits per heavy atom. The molecule has 88 valence electrons. The van der Waals surface area contributed by atoms with Crippen LogP contribution in [-0.4, -0.2) is 5.84 Å². The standard InChI is InChI=1S/C12H11FN2OS/c1-7-9(5-6-16-7)17-10-4-2-3-8(13)11(10)12(14)15/h2-6H,1H3,(H3,14,15). The van der Waals surface area contributed by atoms with E-state index in [1.54, 1.807) is 24.5 Å². The van der Waals surface area contributed by atoms with E-state index >= 15 is 0 Å². The molecule has 0 spiro atoms. The van der Waals surface area contributed by atoms with Crippen molar-refractivity contribution in [3.05, 3.63) is 47.7 Å². The van der Waals surface area contributed by atoms with Gasteiger partial charge in [0.05, 0.1) is 16.7 Å². The summed E-state index contributed by atoms with van der Waals surface area (Å²) in [6.07, 6.45) is 1.57. The molecule has 0 atom stereocenters. The zero-order valence-electron chi connectivity index (χ0n) is 9.16. The molecule has 0 amide bonds. The molecule has 0 saturated carbocycles. The lowest BCUT2D eigenvalue weighted by molar-refractivity contribution is 0.527. The highest BCUT2D eigenvalue weighted by Crippen LogP contribution is 2.33. The Morgan fingerprint density at radius 3 is 2.71 bits per heavy atom. The van der Waals surface area contributed by atoms with Crippen molar-refractivity contribution >= 4 is 17.6 Å². The quantitative estimate of drug-likeness (QED) is 0.649. The average Bonchev–Trinajstić information content (AvgIpc) is 2.64. The van der Waals surface area contributed by atoms with Gasteiger partial charge in [-0.15, -0.1) is 0 Å². The third-order valence-electron chi connectivity index (χ3n) is 2.28. The van der Waals surface area contributed by atoms with Gasteiger partial charge < -0.3 is 10.2 Å². The highest BCUT2D eigenvalue weighted by Gasteiger charge is 2.13. The normalized spacial score (nSPS) is 10.5. The minimum absolute atomic E-state index is 0.137. The van der Waals surface area contributed by atoms with E-state index in [1.807, 2.05) is 6.92 Å². The van der Waals surface area contributed by atoms with Gasteiger partial charge >= 0.3 is 0 Å². The number of nitrogens with one attached hydrogen (secondary N) is 1. The fraction of sp³-hybridized carbons (Fsp3) is 0.0833. The van der Waals surface area contributed by atoms with Gasteiger partial charge in [-0.1, -0.05) is 17.8 Å². The highest BCUT2D eigenvalue weighted by atomic mass is 32.2. The molecule has 0 bridgehead atoms. The summed E-state index contributed by atoms with van der Waals surface area (Å²) in [6, 6.07) is 6.42. The van der Waals surface area contributed by atoms with Crippen LogP contribution in [0.3, 0.4) is 0 Å². The molecule has 17 heavy (non-hydrogen) atoms. The first kappa shape index (κ1) is 11.7. The molecule has 2 rings (SSSR count). The third kappa shape index (κ3) is 2.34. The van der Waals surface area contributed by atoms with E-state index in [0.29, 0.717) is 4.90 Å². The Labute approximate surface area is 102 Å². The van der Waals surface area contributed by atoms with E-state index in [-0.39, 0.29) is 11.4 Å². The number of aryl methyl sites for hydroxylation is 1. The van der Waals surface area contributed by atoms with E-state index < -0.39 is 5.82 Å². The summed E-state index contributed by atoms with van der Waals surface area (Å²) in [5, 5.41) is 7.40. The van der Waals surface area contributed by atoms with Crippen molar-refractivity contribution in [3.63, 3.8) is 0 Å². The number of hydrogen-bond donors (Lipinski definition) is 2. The Balaban J connectivity index is 2.43. The monoisotopic (exact) mass is 250 g/mol. The van der Waals surface area contributed by atoms with Crippen molar-refractivity contribution in [3.8, 4) is 0 Å². The zero-order valence-corrected chi connectivity index (χ0v) is 9.98. The summed E-state index contributed by atoms with van der Waals surface area (Å²) in [5.74, 6) is 0.00385. The van der Waals surface area contributed by atoms with Crippen LogP contribution in [0.15, 0.2) is 44.7 Å². The summed E-state index contributed by atoms with van der Waals surface area (Å²) < 4.78 is 18.7. The average molecular weight is 250 g/mol. The van der Waals surface area contributed by atoms with Gasteiger partial charge in [0.1, 0.15) is 17.4 Å². The van der Waals surface area contributed by atoms with Gasteiger partial charge in [-0.25, -0.2) is 4.39 Å². The van der Waals surface area contributed by atoms with E-state index in [2.05, 4.69) is 0 Å². The van der Waals surface area contributed by atoms with Gasteiger partial charge in [0.15, 0.2) is 0 Å². The van der Waals surface area contributed by atoms with E-state index in [9.17, 15) is 4.39 Å². The molecule has 1 aromatic carbocycles. The van der Waals surface area contributed by atoms with Crippen molar-refractivity contribution < 1.29 is 8.81 Å². The minimum atomic E-state index is -0.483. The van der Waals surface area contributed by atoms with Gasteiger partial charge in [-0.2, -0.15) is 0 Å². The lowest BCUT2D eigenvalue weighted by Gasteiger charge is -2.07. The van der Waals surface area contributed by atoms with Crippen LogP contribution in [0.2, 0.25) is 0 Å². The maximum absolute atomic E-state index is 13.6. The molecule has 0 aliphatic heterocycles. The van der Waals surface area contributed by atoms with Crippen LogP contribution in [-0.2, 0) is 0 Å². The Bertz CT molecular complexity index is 565. The summed E-state index contributed by atoms with van der Waals surface area (Å²) in [5.41, 5.74) is 5.53. The van der Waals surface area contributed by atoms with Crippen molar-refractivity contribution in [1.82, 2.24) is 0 Å². The molecule has 3 N–H and O–H groups in total. The summed E-state index contributed by atoms with van der Waals surface area (Å²) in [7, 11) is 0. The summed E-state index contributed by atoms with van der Waals surface area (Å²) in [6.45, 7) is 1.83. The summed E-state index contributed by atoms with van der Waals surface area (Å²) >= 11 is 1.34. The molecule has 5 heteroatoms. The Kier molecular flexibility index (Phi) is 3.19. The predicted octanol–water partition coefficient (Wildman–Crippen LogP) is 3.16. The molecule has 0 aliphatic carbocycles. The van der Waals surface area contributed by atoms with Gasteiger partial charge in [0.2, 0.25) is 0 Å². The molecule has 0 aliphatic rings. The maximum atomic E-state index is 13.6. The molecular formula is C12H11FN2OS. The van der Waals surface area contributed by atoms with E-state index in [4.69, 9.17) is 15.6 Å². The molecule has 0 fully saturated rings. The number of benzene rings is 1. The van der Waals surface area contributed by atoms with Crippen LogP contribution >= 0.6 is 11.8 Å². The fourth-order valence-electron chi connectivity index (χ4n) is 1.45. The Hall–Kier alpha value is -1.75. The molecule has 1 heterocycles. The summed E-state index contributed by atoms with van der Waals surface area (Å²) in [4.78, 5) is 1.50. The Morgan fingerprint density at radius 2 is 2.12 bits per heavy atom.